The van der Waals surface area contributed by atoms with Gasteiger partial charge in [-0.25, -0.2) is 0 Å². The molecule has 6 aromatic carbocycles. The van der Waals surface area contributed by atoms with Gasteiger partial charge in [0.2, 0.25) is 0 Å². The van der Waals surface area contributed by atoms with Crippen LogP contribution in [0, 0.1) is 12.8 Å². The Balaban J connectivity index is 1.15. The fourth-order valence-corrected chi connectivity index (χ4v) is 7.57. The Hall–Kier alpha value is -4.72. The van der Waals surface area contributed by atoms with Gasteiger partial charge in [-0.15, -0.1) is 0 Å². The van der Waals surface area contributed by atoms with Crippen LogP contribution in [0.1, 0.15) is 61.8 Å². The third kappa shape index (κ3) is 6.91. The van der Waals surface area contributed by atoms with Crippen molar-refractivity contribution in [3.8, 4) is 44.5 Å². The summed E-state index contributed by atoms with van der Waals surface area (Å²) in [7, 11) is 2.25. The van der Waals surface area contributed by atoms with Crippen LogP contribution in [0.15, 0.2) is 146 Å². The summed E-state index contributed by atoms with van der Waals surface area (Å²) in [4.78, 5) is 2.47. The van der Waals surface area contributed by atoms with Crippen LogP contribution < -0.4 is 0 Å². The minimum absolute atomic E-state index is 0.00400. The molecule has 0 aliphatic carbocycles. The molecule has 1 nitrogen and oxygen atoms in total. The molecule has 1 aliphatic heterocycles. The molecule has 246 valence electrons. The average molecular weight is 640 g/mol. The number of likely N-dealkylation sites (tertiary alicyclic amines) is 1. The lowest BCUT2D eigenvalue weighted by molar-refractivity contribution is 0.213. The largest absolute Gasteiger partial charge is 0.306 e. The normalized spacial score (nSPS) is 15.3. The number of benzene rings is 6. The second kappa shape index (κ2) is 14.0. The van der Waals surface area contributed by atoms with Crippen molar-refractivity contribution >= 4 is 0 Å². The third-order valence-electron chi connectivity index (χ3n) is 11.3. The van der Waals surface area contributed by atoms with Crippen LogP contribution in [0.4, 0.5) is 0 Å². The highest BCUT2D eigenvalue weighted by Gasteiger charge is 2.37. The fraction of sp³-hybridized carbons (Fsp3) is 0.250. The average Bonchev–Trinajstić information content (AvgIpc) is 3.15. The van der Waals surface area contributed by atoms with Crippen LogP contribution >= 0.6 is 0 Å². The Kier molecular flexibility index (Phi) is 9.39. The lowest BCUT2D eigenvalue weighted by Crippen LogP contribution is -2.41. The molecule has 0 amide bonds. The third-order valence-corrected chi connectivity index (χ3v) is 11.3. The van der Waals surface area contributed by atoms with Crippen molar-refractivity contribution < 1.29 is 0 Å². The minimum atomic E-state index is 0.00400. The van der Waals surface area contributed by atoms with Crippen LogP contribution in [0.3, 0.4) is 0 Å². The van der Waals surface area contributed by atoms with Gasteiger partial charge in [-0.3, -0.25) is 0 Å². The predicted octanol–water partition coefficient (Wildman–Crippen LogP) is 12.4. The Morgan fingerprint density at radius 1 is 0.469 bits per heavy atom. The maximum Gasteiger partial charge on any atom is 0.0227 e. The highest BCUT2D eigenvalue weighted by Crippen LogP contribution is 2.43. The minimum Gasteiger partial charge on any atom is -0.306 e. The van der Waals surface area contributed by atoms with Crippen molar-refractivity contribution in [1.29, 1.82) is 0 Å². The quantitative estimate of drug-likeness (QED) is 0.160. The zero-order chi connectivity index (χ0) is 34.0. The Morgan fingerprint density at radius 2 is 0.837 bits per heavy atom. The Bertz CT molecular complexity index is 1990. The number of aryl methyl sites for hydroxylation is 1. The highest BCUT2D eigenvalue weighted by molar-refractivity contribution is 5.75. The number of hydrogen-bond acceptors (Lipinski definition) is 1. The van der Waals surface area contributed by atoms with Gasteiger partial charge in [-0.1, -0.05) is 160 Å². The lowest BCUT2D eigenvalue weighted by Gasteiger charge is -2.42. The molecule has 1 heterocycles. The molecule has 6 aromatic rings. The van der Waals surface area contributed by atoms with Gasteiger partial charge in [0.1, 0.15) is 0 Å². The van der Waals surface area contributed by atoms with E-state index in [0.717, 1.165) is 25.9 Å². The van der Waals surface area contributed by atoms with E-state index in [2.05, 4.69) is 185 Å². The zero-order valence-electron chi connectivity index (χ0n) is 29.8. The summed E-state index contributed by atoms with van der Waals surface area (Å²) in [5.74, 6) is 1.20. The predicted molar refractivity (Wildman–Crippen MR) is 210 cm³/mol. The molecule has 1 saturated heterocycles. The first-order valence-corrected chi connectivity index (χ1v) is 18.1. The number of nitrogens with zero attached hydrogens (tertiary/aromatic N) is 1. The van der Waals surface area contributed by atoms with Crippen molar-refractivity contribution in [2.75, 3.05) is 20.1 Å². The van der Waals surface area contributed by atoms with Crippen LogP contribution in [-0.4, -0.2) is 25.0 Å². The fourth-order valence-electron chi connectivity index (χ4n) is 7.57. The first-order valence-electron chi connectivity index (χ1n) is 18.1. The number of rotatable bonds is 8. The van der Waals surface area contributed by atoms with Crippen LogP contribution in [0.2, 0.25) is 0 Å². The highest BCUT2D eigenvalue weighted by atomic mass is 15.1. The van der Waals surface area contributed by atoms with Crippen molar-refractivity contribution in [3.05, 3.63) is 168 Å². The van der Waals surface area contributed by atoms with Crippen LogP contribution in [0.5, 0.6) is 0 Å². The second-order valence-electron chi connectivity index (χ2n) is 14.7. The van der Waals surface area contributed by atoms with E-state index in [0.29, 0.717) is 11.8 Å². The van der Waals surface area contributed by atoms with Crippen molar-refractivity contribution in [3.63, 3.8) is 0 Å². The molecule has 0 N–H and O–H groups in total. The molecule has 1 unspecified atom stereocenters. The van der Waals surface area contributed by atoms with E-state index in [9.17, 15) is 0 Å². The van der Waals surface area contributed by atoms with E-state index in [4.69, 9.17) is 0 Å². The van der Waals surface area contributed by atoms with Gasteiger partial charge in [0, 0.05) is 5.41 Å². The number of piperidine rings is 1. The zero-order valence-corrected chi connectivity index (χ0v) is 29.8. The van der Waals surface area contributed by atoms with E-state index < -0.39 is 0 Å². The molecule has 0 saturated carbocycles. The molecular formula is C48H49N. The molecular weight excluding hydrogens is 591 g/mol. The monoisotopic (exact) mass is 639 g/mol. The maximum absolute atomic E-state index is 2.47. The van der Waals surface area contributed by atoms with Crippen molar-refractivity contribution in [2.45, 2.75) is 51.9 Å². The Morgan fingerprint density at radius 3 is 1.22 bits per heavy atom. The maximum atomic E-state index is 2.47. The van der Waals surface area contributed by atoms with Crippen LogP contribution in [0.25, 0.3) is 44.5 Å². The van der Waals surface area contributed by atoms with E-state index in [-0.39, 0.29) is 5.41 Å². The summed E-state index contributed by atoms with van der Waals surface area (Å²) in [5.41, 5.74) is 15.7. The molecule has 0 radical (unpaired) electrons. The van der Waals surface area contributed by atoms with E-state index in [1.807, 2.05) is 0 Å². The molecule has 49 heavy (non-hydrogen) atoms. The van der Waals surface area contributed by atoms with Gasteiger partial charge >= 0.3 is 0 Å². The SMILES string of the molecule is Cc1ccc(-c2cccc(-c3ccc(C4(c5ccc(-c6cccc(-c7ccc(C(C)C(C)C)cc7)c6)cc5)CCN(C)CC4)cc3)c2)cc1. The molecule has 0 spiro atoms. The summed E-state index contributed by atoms with van der Waals surface area (Å²) >= 11 is 0. The molecule has 1 atom stereocenters. The van der Waals surface area contributed by atoms with Crippen molar-refractivity contribution in [2.24, 2.45) is 5.92 Å². The number of hydrogen-bond donors (Lipinski definition) is 0. The van der Waals surface area contributed by atoms with E-state index in [1.54, 1.807) is 0 Å². The van der Waals surface area contributed by atoms with Gasteiger partial charge in [-0.2, -0.15) is 0 Å². The van der Waals surface area contributed by atoms with Gasteiger partial charge in [0.15, 0.2) is 0 Å². The topological polar surface area (TPSA) is 3.24 Å². The summed E-state index contributed by atoms with van der Waals surface area (Å²) in [6.45, 7) is 11.2. The van der Waals surface area contributed by atoms with E-state index >= 15 is 0 Å². The van der Waals surface area contributed by atoms with Gasteiger partial charge in [0.25, 0.3) is 0 Å². The van der Waals surface area contributed by atoms with Crippen LogP contribution in [-0.2, 0) is 5.41 Å². The standard InChI is InChI=1S/C48H49N/c1-34(2)36(4)37-16-18-39(19-17-37)43-9-7-11-45(33-43)41-22-26-47(27-23-41)48(28-30-49(5)31-29-48)46-24-20-40(21-25-46)44-10-6-8-42(32-44)38-14-12-35(3)13-15-38/h6-27,32-34,36H,28-31H2,1-5H3. The Labute approximate surface area is 294 Å². The molecule has 1 heteroatoms. The summed E-state index contributed by atoms with van der Waals surface area (Å²) in [6, 6.07) is 54.9. The first kappa shape index (κ1) is 32.8. The molecule has 1 aliphatic rings. The van der Waals surface area contributed by atoms with E-state index in [1.165, 1.54) is 66.8 Å². The summed E-state index contributed by atoms with van der Waals surface area (Å²) in [5, 5.41) is 0. The summed E-state index contributed by atoms with van der Waals surface area (Å²) < 4.78 is 0. The summed E-state index contributed by atoms with van der Waals surface area (Å²) in [6.07, 6.45) is 2.23. The lowest BCUT2D eigenvalue weighted by atomic mass is 9.68. The molecule has 7 rings (SSSR count). The molecule has 1 fully saturated rings. The smallest absolute Gasteiger partial charge is 0.0227 e. The van der Waals surface area contributed by atoms with Crippen molar-refractivity contribution in [1.82, 2.24) is 4.90 Å². The van der Waals surface area contributed by atoms with Gasteiger partial charge < -0.3 is 4.90 Å². The molecule has 0 bridgehead atoms. The second-order valence-corrected chi connectivity index (χ2v) is 14.7. The van der Waals surface area contributed by atoms with Gasteiger partial charge in [0.05, 0.1) is 0 Å². The molecule has 0 aromatic heterocycles. The first-order chi connectivity index (χ1) is 23.8. The van der Waals surface area contributed by atoms with Gasteiger partial charge in [-0.05, 0) is 125 Å².